The van der Waals surface area contributed by atoms with Crippen molar-refractivity contribution in [2.75, 3.05) is 13.2 Å². The van der Waals surface area contributed by atoms with Gasteiger partial charge in [-0.05, 0) is 83.5 Å². The SMILES string of the molecule is CC/C=C\C/C=C\C/C=C\C/C=C\C/C=C\C/C=C\C/C=C\C/C=C\C/C=C\CCCCCCCC(=O)NC(COC1OC(CO)C(O)C(O)C1O)C(O)CCCCCCCCCCCCCCCCCCCCCCCCCCCCCCCCC. The molecule has 0 aromatic rings. The molecule has 1 fully saturated rings. The summed E-state index contributed by atoms with van der Waals surface area (Å²) in [5, 5.41) is 55.0. The fourth-order valence-electron chi connectivity index (χ4n) is 11.2. The number of aliphatic hydroxyl groups is 5. The van der Waals surface area contributed by atoms with Gasteiger partial charge in [0.1, 0.15) is 24.4 Å². The summed E-state index contributed by atoms with van der Waals surface area (Å²) in [7, 11) is 0. The first-order valence-electron chi connectivity index (χ1n) is 36.6. The maximum Gasteiger partial charge on any atom is 0.220 e. The van der Waals surface area contributed by atoms with Gasteiger partial charge >= 0.3 is 0 Å². The highest BCUT2D eigenvalue weighted by Crippen LogP contribution is 2.24. The van der Waals surface area contributed by atoms with Crippen molar-refractivity contribution in [3.8, 4) is 0 Å². The number of hydrogen-bond acceptors (Lipinski definition) is 8. The van der Waals surface area contributed by atoms with Crippen molar-refractivity contribution in [2.45, 2.75) is 365 Å². The van der Waals surface area contributed by atoms with Gasteiger partial charge in [-0.3, -0.25) is 4.79 Å². The van der Waals surface area contributed by atoms with Crippen LogP contribution in [0.2, 0.25) is 0 Å². The van der Waals surface area contributed by atoms with Gasteiger partial charge in [-0.15, -0.1) is 0 Å². The molecule has 1 saturated heterocycles. The van der Waals surface area contributed by atoms with E-state index in [-0.39, 0.29) is 12.5 Å². The van der Waals surface area contributed by atoms with E-state index in [1.165, 1.54) is 180 Å². The molecule has 0 aromatic heterocycles. The minimum atomic E-state index is -1.57. The molecule has 1 heterocycles. The fraction of sp³-hybridized carbons (Fsp3) is 0.756. The van der Waals surface area contributed by atoms with Crippen LogP contribution in [-0.2, 0) is 14.3 Å². The molecule has 87 heavy (non-hydrogen) atoms. The molecule has 6 N–H and O–H groups in total. The lowest BCUT2D eigenvalue weighted by atomic mass is 9.99. The molecule has 0 aliphatic carbocycles. The Hall–Kier alpha value is -3.15. The van der Waals surface area contributed by atoms with Gasteiger partial charge in [0, 0.05) is 6.42 Å². The van der Waals surface area contributed by atoms with Crippen molar-refractivity contribution in [1.82, 2.24) is 5.32 Å². The summed E-state index contributed by atoms with van der Waals surface area (Å²) in [6.07, 6.45) is 90.1. The van der Waals surface area contributed by atoms with Gasteiger partial charge in [0.2, 0.25) is 5.91 Å². The maximum absolute atomic E-state index is 13.2. The summed E-state index contributed by atoms with van der Waals surface area (Å²) in [6.45, 7) is 3.74. The predicted octanol–water partition coefficient (Wildman–Crippen LogP) is 20.4. The second-order valence-electron chi connectivity index (χ2n) is 25.0. The van der Waals surface area contributed by atoms with Crippen LogP contribution in [0.25, 0.3) is 0 Å². The molecule has 1 amide bonds. The first kappa shape index (κ1) is 81.9. The number of carbonyl (C=O) groups is 1. The molecule has 7 atom stereocenters. The number of amides is 1. The van der Waals surface area contributed by atoms with Crippen molar-refractivity contribution >= 4 is 5.91 Å². The van der Waals surface area contributed by atoms with E-state index in [1.807, 2.05) is 0 Å². The molecule has 1 rings (SSSR count). The van der Waals surface area contributed by atoms with E-state index in [2.05, 4.69) is 129 Å². The van der Waals surface area contributed by atoms with Crippen molar-refractivity contribution < 1.29 is 39.8 Å². The number of ether oxygens (including phenoxy) is 2. The Morgan fingerprint density at radius 1 is 0.402 bits per heavy atom. The van der Waals surface area contributed by atoms with Gasteiger partial charge < -0.3 is 40.3 Å². The molecular weight excluding hydrogens is 1080 g/mol. The minimum absolute atomic E-state index is 0.151. The number of aliphatic hydroxyl groups excluding tert-OH is 5. The largest absolute Gasteiger partial charge is 0.394 e. The maximum atomic E-state index is 13.2. The van der Waals surface area contributed by atoms with E-state index in [0.29, 0.717) is 12.8 Å². The van der Waals surface area contributed by atoms with E-state index in [0.717, 1.165) is 116 Å². The molecule has 1 aliphatic heterocycles. The minimum Gasteiger partial charge on any atom is -0.394 e. The summed E-state index contributed by atoms with van der Waals surface area (Å²) in [5.41, 5.74) is 0. The standard InChI is InChI=1S/C78H137NO8/c1-3-5-7-9-11-13-15-17-19-21-23-25-27-29-31-33-35-36-38-40-42-44-46-48-50-52-54-56-58-60-62-64-66-68-74(82)79-71(70-86-78-77(85)76(84)75(83)73(69-80)87-78)72(81)67-65-63-61-59-57-55-53-51-49-47-45-43-41-39-37-34-32-30-28-26-24-22-20-18-16-14-12-10-8-6-4-2/h5,7,11,13,17,19,23,25,29,31,35-36,40,42,46,48,52,54,71-73,75-78,80-81,83-85H,3-4,6,8-10,12,14-16,18,20-22,24,26-28,30,32-34,37-39,41,43-45,47,49-51,53,55-70H2,1-2H3,(H,79,82)/b7-5-,13-11-,19-17-,25-23-,31-29-,36-35-,42-40-,48-46-,54-52-. The third-order valence-corrected chi connectivity index (χ3v) is 16.9. The zero-order valence-electron chi connectivity index (χ0n) is 56.2. The van der Waals surface area contributed by atoms with Gasteiger partial charge in [-0.25, -0.2) is 0 Å². The lowest BCUT2D eigenvalue weighted by molar-refractivity contribution is -0.302. The molecule has 9 nitrogen and oxygen atoms in total. The molecule has 1 aliphatic rings. The van der Waals surface area contributed by atoms with Crippen LogP contribution in [0.3, 0.4) is 0 Å². The van der Waals surface area contributed by atoms with Gasteiger partial charge in [0.05, 0.1) is 25.4 Å². The molecular formula is C78H137NO8. The van der Waals surface area contributed by atoms with Crippen LogP contribution < -0.4 is 5.32 Å². The van der Waals surface area contributed by atoms with Crippen LogP contribution in [-0.4, -0.2) is 87.5 Å². The number of unbranched alkanes of at least 4 members (excludes halogenated alkanes) is 35. The summed E-state index contributed by atoms with van der Waals surface area (Å²) < 4.78 is 11.4. The lowest BCUT2D eigenvalue weighted by Crippen LogP contribution is -2.60. The van der Waals surface area contributed by atoms with E-state index < -0.39 is 49.5 Å². The van der Waals surface area contributed by atoms with E-state index in [4.69, 9.17) is 9.47 Å². The van der Waals surface area contributed by atoms with Gasteiger partial charge in [-0.2, -0.15) is 0 Å². The van der Waals surface area contributed by atoms with Crippen molar-refractivity contribution in [2.24, 2.45) is 0 Å². The number of rotatable bonds is 63. The third kappa shape index (κ3) is 54.3. The second kappa shape index (κ2) is 65.8. The summed E-state index contributed by atoms with van der Waals surface area (Å²) in [5.74, 6) is -0.163. The fourth-order valence-corrected chi connectivity index (χ4v) is 11.2. The number of hydrogen-bond donors (Lipinski definition) is 6. The van der Waals surface area contributed by atoms with Gasteiger partial charge in [0.25, 0.3) is 0 Å². The van der Waals surface area contributed by atoms with Crippen molar-refractivity contribution in [1.29, 1.82) is 0 Å². The molecule has 0 spiro atoms. The Labute approximate surface area is 536 Å². The number of allylic oxidation sites excluding steroid dienone is 18. The molecule has 0 bridgehead atoms. The second-order valence-corrected chi connectivity index (χ2v) is 25.0. The van der Waals surface area contributed by atoms with Crippen LogP contribution >= 0.6 is 0 Å². The molecule has 7 unspecified atom stereocenters. The van der Waals surface area contributed by atoms with Crippen molar-refractivity contribution in [3.63, 3.8) is 0 Å². The highest BCUT2D eigenvalue weighted by molar-refractivity contribution is 5.76. The Bertz CT molecular complexity index is 1750. The molecule has 502 valence electrons. The first-order chi connectivity index (χ1) is 42.8. The van der Waals surface area contributed by atoms with Crippen LogP contribution in [0.1, 0.15) is 322 Å². The summed E-state index contributed by atoms with van der Waals surface area (Å²) >= 11 is 0. The highest BCUT2D eigenvalue weighted by Gasteiger charge is 2.44. The van der Waals surface area contributed by atoms with Gasteiger partial charge in [-0.1, -0.05) is 342 Å². The Balaban J connectivity index is 2.15. The zero-order valence-corrected chi connectivity index (χ0v) is 56.2. The zero-order chi connectivity index (χ0) is 62.8. The molecule has 0 aromatic carbocycles. The number of nitrogens with one attached hydrogen (secondary N) is 1. The quantitative estimate of drug-likeness (QED) is 0.0261. The molecule has 0 saturated carbocycles. The number of carbonyl (C=O) groups excluding carboxylic acids is 1. The van der Waals surface area contributed by atoms with Gasteiger partial charge in [0.15, 0.2) is 6.29 Å². The first-order valence-corrected chi connectivity index (χ1v) is 36.6. The average Bonchev–Trinajstić information content (AvgIpc) is 3.38. The predicted molar refractivity (Wildman–Crippen MR) is 373 cm³/mol. The lowest BCUT2D eigenvalue weighted by Gasteiger charge is -2.40. The topological polar surface area (TPSA) is 149 Å². The van der Waals surface area contributed by atoms with E-state index in [9.17, 15) is 30.3 Å². The smallest absolute Gasteiger partial charge is 0.220 e. The third-order valence-electron chi connectivity index (χ3n) is 16.9. The van der Waals surface area contributed by atoms with Crippen LogP contribution in [0.5, 0.6) is 0 Å². The molecule has 0 radical (unpaired) electrons. The Morgan fingerprint density at radius 3 is 1.06 bits per heavy atom. The van der Waals surface area contributed by atoms with E-state index >= 15 is 0 Å². The highest BCUT2D eigenvalue weighted by atomic mass is 16.7. The van der Waals surface area contributed by atoms with E-state index in [1.54, 1.807) is 0 Å². The average molecular weight is 1220 g/mol. The monoisotopic (exact) mass is 1220 g/mol. The Morgan fingerprint density at radius 2 is 0.713 bits per heavy atom. The van der Waals surface area contributed by atoms with Crippen LogP contribution in [0.4, 0.5) is 0 Å². The summed E-state index contributed by atoms with van der Waals surface area (Å²) in [6, 6.07) is -0.740. The van der Waals surface area contributed by atoms with Crippen LogP contribution in [0.15, 0.2) is 109 Å². The molecule has 9 heteroatoms. The normalized spacial score (nSPS) is 18.6. The summed E-state index contributed by atoms with van der Waals surface area (Å²) in [4.78, 5) is 13.2. The Kier molecular flexibility index (Phi) is 61.9. The van der Waals surface area contributed by atoms with Crippen LogP contribution in [0, 0.1) is 0 Å². The van der Waals surface area contributed by atoms with Crippen molar-refractivity contribution in [3.05, 3.63) is 109 Å².